The highest BCUT2D eigenvalue weighted by Crippen LogP contribution is 2.37. The van der Waals surface area contributed by atoms with E-state index >= 15 is 0 Å². The number of rotatable bonds is 4. The van der Waals surface area contributed by atoms with Gasteiger partial charge in [-0.1, -0.05) is 0 Å². The van der Waals surface area contributed by atoms with Crippen molar-refractivity contribution in [2.75, 3.05) is 0 Å². The molecular formula is C19H11F2NO3S. The van der Waals surface area contributed by atoms with Gasteiger partial charge in [0.15, 0.2) is 11.6 Å². The van der Waals surface area contributed by atoms with Crippen LogP contribution in [0.1, 0.15) is 26.8 Å². The zero-order valence-electron chi connectivity index (χ0n) is 13.1. The Kier molecular flexibility index (Phi) is 3.81. The maximum absolute atomic E-state index is 14.0. The Morgan fingerprint density at radius 1 is 1.04 bits per heavy atom. The summed E-state index contributed by atoms with van der Waals surface area (Å²) in [4.78, 5) is 17.4. The summed E-state index contributed by atoms with van der Waals surface area (Å²) >= 11 is 1.07. The first-order chi connectivity index (χ1) is 12.5. The van der Waals surface area contributed by atoms with Crippen LogP contribution in [0.2, 0.25) is 0 Å². The third-order valence-corrected chi connectivity index (χ3v) is 5.19. The summed E-state index contributed by atoms with van der Waals surface area (Å²) in [6.07, 6.45) is 1.70. The zero-order chi connectivity index (χ0) is 18.4. The molecule has 0 aliphatic carbocycles. The van der Waals surface area contributed by atoms with Gasteiger partial charge in [-0.2, -0.15) is 0 Å². The Hall–Kier alpha value is -3.06. The molecule has 1 aliphatic rings. The molecule has 4 nitrogen and oxygen atoms in total. The van der Waals surface area contributed by atoms with Crippen molar-refractivity contribution in [1.82, 2.24) is 0 Å². The number of nitrogens with zero attached hydrogens (tertiary/aromatic N) is 1. The minimum absolute atomic E-state index is 0.132. The summed E-state index contributed by atoms with van der Waals surface area (Å²) in [6.45, 7) is 0. The molecule has 1 aliphatic heterocycles. The van der Waals surface area contributed by atoms with Crippen LogP contribution in [0.5, 0.6) is 11.5 Å². The quantitative estimate of drug-likeness (QED) is 0.665. The van der Waals surface area contributed by atoms with Crippen molar-refractivity contribution in [2.45, 2.75) is 6.04 Å². The van der Waals surface area contributed by atoms with Crippen LogP contribution in [-0.2, 0) is 0 Å². The van der Waals surface area contributed by atoms with Gasteiger partial charge in [0, 0.05) is 16.7 Å². The van der Waals surface area contributed by atoms with Gasteiger partial charge in [0.05, 0.1) is 10.4 Å². The van der Waals surface area contributed by atoms with Crippen LogP contribution in [0.25, 0.3) is 10.4 Å². The van der Waals surface area contributed by atoms with E-state index in [-0.39, 0.29) is 16.7 Å². The molecule has 0 fully saturated rings. The molecule has 3 aromatic rings. The number of phenolic OH excluding ortho intramolecular Hbond substituents is 2. The molecule has 7 heteroatoms. The third kappa shape index (κ3) is 2.76. The minimum atomic E-state index is -1.28. The van der Waals surface area contributed by atoms with Crippen LogP contribution in [0.4, 0.5) is 8.78 Å². The molecule has 130 valence electrons. The molecule has 0 saturated carbocycles. The first kappa shape index (κ1) is 16.4. The number of phenols is 2. The Bertz CT molecular complexity index is 1070. The maximum atomic E-state index is 14.0. The summed E-state index contributed by atoms with van der Waals surface area (Å²) in [5.41, 5.74) is 0.638. The van der Waals surface area contributed by atoms with Crippen LogP contribution < -0.4 is 0 Å². The number of benzene rings is 2. The molecule has 0 radical (unpaired) electrons. The van der Waals surface area contributed by atoms with Crippen LogP contribution in [0, 0.1) is 11.6 Å². The number of ketones is 1. The standard InChI is InChI=1S/C19H11F2NO3S/c20-11-2-4-14(24)18(21)17(11)19(25)16-6-5-15(26-16)9-1-3-13(23)10(7-9)12-8-22-12/h1-8,12,23-24H. The summed E-state index contributed by atoms with van der Waals surface area (Å²) in [5.74, 6) is -3.79. The first-order valence-electron chi connectivity index (χ1n) is 7.64. The Morgan fingerprint density at radius 3 is 2.50 bits per heavy atom. The Labute approximate surface area is 150 Å². The van der Waals surface area contributed by atoms with E-state index in [2.05, 4.69) is 4.99 Å². The number of aliphatic imine (C=N–C) groups is 1. The number of halogens is 2. The lowest BCUT2D eigenvalue weighted by Gasteiger charge is -2.05. The molecule has 0 amide bonds. The molecule has 4 rings (SSSR count). The SMILES string of the molecule is O=C(c1ccc(-c2ccc(O)c(C3C=N3)c2)s1)c1c(F)ccc(O)c1F. The lowest BCUT2D eigenvalue weighted by atomic mass is 10.1. The Balaban J connectivity index is 1.70. The summed E-state index contributed by atoms with van der Waals surface area (Å²) in [7, 11) is 0. The number of carbonyl (C=O) groups excluding carboxylic acids is 1. The highest BCUT2D eigenvalue weighted by atomic mass is 32.1. The normalized spacial score (nSPS) is 15.2. The minimum Gasteiger partial charge on any atom is -0.508 e. The fraction of sp³-hybridized carbons (Fsp3) is 0.0526. The van der Waals surface area contributed by atoms with Crippen LogP contribution in [0.15, 0.2) is 47.5 Å². The molecule has 2 heterocycles. The van der Waals surface area contributed by atoms with Gasteiger partial charge in [-0.15, -0.1) is 11.3 Å². The molecule has 1 atom stereocenters. The van der Waals surface area contributed by atoms with Crippen molar-refractivity contribution in [3.8, 4) is 21.9 Å². The van der Waals surface area contributed by atoms with E-state index in [4.69, 9.17) is 0 Å². The fourth-order valence-electron chi connectivity index (χ4n) is 2.64. The number of hydrogen-bond acceptors (Lipinski definition) is 5. The average Bonchev–Trinajstić information content (AvgIpc) is 3.35. The van der Waals surface area contributed by atoms with Gasteiger partial charge in [-0.25, -0.2) is 8.78 Å². The van der Waals surface area contributed by atoms with E-state index in [0.717, 1.165) is 29.0 Å². The number of thiophene rings is 1. The summed E-state index contributed by atoms with van der Waals surface area (Å²) in [6, 6.07) is 9.72. The molecule has 0 bridgehead atoms. The number of hydrogen-bond donors (Lipinski definition) is 2. The van der Waals surface area contributed by atoms with Crippen molar-refractivity contribution >= 4 is 23.3 Å². The van der Waals surface area contributed by atoms with Gasteiger partial charge in [-0.05, 0) is 48.0 Å². The smallest absolute Gasteiger partial charge is 0.209 e. The lowest BCUT2D eigenvalue weighted by molar-refractivity contribution is 0.103. The molecule has 1 aromatic heterocycles. The Morgan fingerprint density at radius 2 is 1.77 bits per heavy atom. The average molecular weight is 371 g/mol. The third-order valence-electron chi connectivity index (χ3n) is 4.06. The number of carbonyl (C=O) groups is 1. The van der Waals surface area contributed by atoms with E-state index in [1.54, 1.807) is 30.5 Å². The molecular weight excluding hydrogens is 360 g/mol. The molecule has 2 N–H and O–H groups in total. The van der Waals surface area contributed by atoms with Gasteiger partial charge >= 0.3 is 0 Å². The second-order valence-electron chi connectivity index (χ2n) is 5.77. The summed E-state index contributed by atoms with van der Waals surface area (Å²) < 4.78 is 27.9. The topological polar surface area (TPSA) is 69.9 Å². The fourth-order valence-corrected chi connectivity index (χ4v) is 3.58. The van der Waals surface area contributed by atoms with E-state index in [1.807, 2.05) is 0 Å². The van der Waals surface area contributed by atoms with E-state index < -0.39 is 28.7 Å². The van der Waals surface area contributed by atoms with Crippen LogP contribution in [0.3, 0.4) is 0 Å². The molecule has 2 aromatic carbocycles. The molecule has 0 saturated heterocycles. The van der Waals surface area contributed by atoms with E-state index in [9.17, 15) is 23.8 Å². The number of aromatic hydroxyl groups is 2. The summed E-state index contributed by atoms with van der Waals surface area (Å²) in [5, 5.41) is 19.3. The van der Waals surface area contributed by atoms with Gasteiger partial charge in [0.2, 0.25) is 5.78 Å². The van der Waals surface area contributed by atoms with Crippen molar-refractivity contribution in [2.24, 2.45) is 4.99 Å². The zero-order valence-corrected chi connectivity index (χ0v) is 13.9. The van der Waals surface area contributed by atoms with Crippen LogP contribution in [-0.4, -0.2) is 22.2 Å². The van der Waals surface area contributed by atoms with Gasteiger partial charge in [0.1, 0.15) is 17.6 Å². The van der Waals surface area contributed by atoms with E-state index in [0.29, 0.717) is 10.4 Å². The highest BCUT2D eigenvalue weighted by Gasteiger charge is 2.24. The van der Waals surface area contributed by atoms with Gasteiger partial charge < -0.3 is 10.2 Å². The van der Waals surface area contributed by atoms with Crippen LogP contribution >= 0.6 is 11.3 Å². The van der Waals surface area contributed by atoms with E-state index in [1.165, 1.54) is 6.07 Å². The largest absolute Gasteiger partial charge is 0.508 e. The maximum Gasteiger partial charge on any atom is 0.209 e. The molecule has 26 heavy (non-hydrogen) atoms. The first-order valence-corrected chi connectivity index (χ1v) is 8.45. The second kappa shape index (κ2) is 6.03. The lowest BCUT2D eigenvalue weighted by Crippen LogP contribution is -2.05. The monoisotopic (exact) mass is 371 g/mol. The van der Waals surface area contributed by atoms with Gasteiger partial charge in [0.25, 0.3) is 0 Å². The predicted molar refractivity (Wildman–Crippen MR) is 94.1 cm³/mol. The van der Waals surface area contributed by atoms with Crippen molar-refractivity contribution in [3.63, 3.8) is 0 Å². The highest BCUT2D eigenvalue weighted by molar-refractivity contribution is 7.17. The second-order valence-corrected chi connectivity index (χ2v) is 6.85. The van der Waals surface area contributed by atoms with Crippen molar-refractivity contribution in [1.29, 1.82) is 0 Å². The van der Waals surface area contributed by atoms with Gasteiger partial charge in [-0.3, -0.25) is 9.79 Å². The van der Waals surface area contributed by atoms with Crippen molar-refractivity contribution in [3.05, 3.63) is 70.1 Å². The molecule has 0 spiro atoms. The van der Waals surface area contributed by atoms with Crippen molar-refractivity contribution < 1.29 is 23.8 Å². The molecule has 1 unspecified atom stereocenters. The predicted octanol–water partition coefficient (Wildman–Crippen LogP) is 4.46.